The zero-order valence-electron chi connectivity index (χ0n) is 18.2. The van der Waals surface area contributed by atoms with Crippen LogP contribution in [0.25, 0.3) is 0 Å². The molecule has 7 nitrogen and oxygen atoms in total. The van der Waals surface area contributed by atoms with Crippen molar-refractivity contribution in [2.45, 2.75) is 33.6 Å². The van der Waals surface area contributed by atoms with E-state index in [4.69, 9.17) is 4.74 Å². The highest BCUT2D eigenvalue weighted by Gasteiger charge is 2.34. The molecule has 0 bridgehead atoms. The van der Waals surface area contributed by atoms with E-state index in [1.807, 2.05) is 39.0 Å². The Labute approximate surface area is 182 Å². The summed E-state index contributed by atoms with van der Waals surface area (Å²) in [5, 5.41) is 5.71. The number of nitrogens with one attached hydrogen (secondary N) is 2. The van der Waals surface area contributed by atoms with E-state index in [1.165, 1.54) is 0 Å². The minimum Gasteiger partial charge on any atom is -0.484 e. The molecule has 1 heterocycles. The average molecular weight is 424 g/mol. The molecule has 1 atom stereocenters. The van der Waals surface area contributed by atoms with E-state index in [2.05, 4.69) is 10.6 Å². The van der Waals surface area contributed by atoms with Crippen molar-refractivity contribution in [1.82, 2.24) is 5.32 Å². The maximum atomic E-state index is 12.4. The molecule has 2 aromatic carbocycles. The number of carbonyl (C=O) groups is 3. The summed E-state index contributed by atoms with van der Waals surface area (Å²) in [6.07, 6.45) is 1.08. The molecule has 164 valence electrons. The van der Waals surface area contributed by atoms with E-state index >= 15 is 0 Å². The van der Waals surface area contributed by atoms with E-state index in [0.29, 0.717) is 24.5 Å². The molecule has 1 fully saturated rings. The topological polar surface area (TPSA) is 87.7 Å². The van der Waals surface area contributed by atoms with Gasteiger partial charge in [0.05, 0.1) is 5.92 Å². The van der Waals surface area contributed by atoms with Crippen LogP contribution in [-0.4, -0.2) is 37.4 Å². The molecule has 2 N–H and O–H groups in total. The lowest BCUT2D eigenvalue weighted by Crippen LogP contribution is -2.33. The summed E-state index contributed by atoms with van der Waals surface area (Å²) in [6.45, 7) is 6.77. The van der Waals surface area contributed by atoms with Gasteiger partial charge in [-0.25, -0.2) is 0 Å². The summed E-state index contributed by atoms with van der Waals surface area (Å²) >= 11 is 0. The molecule has 0 aliphatic carbocycles. The van der Waals surface area contributed by atoms with Crippen molar-refractivity contribution in [3.8, 4) is 5.75 Å². The van der Waals surface area contributed by atoms with Gasteiger partial charge in [0.1, 0.15) is 5.75 Å². The molecule has 0 spiro atoms. The zero-order valence-corrected chi connectivity index (χ0v) is 18.2. The molecule has 0 aromatic heterocycles. The van der Waals surface area contributed by atoms with Crippen LogP contribution in [0.5, 0.6) is 5.75 Å². The first-order valence-electron chi connectivity index (χ1n) is 10.6. The Morgan fingerprint density at radius 1 is 1.13 bits per heavy atom. The molecule has 7 heteroatoms. The lowest BCUT2D eigenvalue weighted by Gasteiger charge is -2.17. The molecular weight excluding hydrogens is 394 g/mol. The van der Waals surface area contributed by atoms with Crippen molar-refractivity contribution < 1.29 is 19.1 Å². The minimum atomic E-state index is -0.330. The second-order valence-electron chi connectivity index (χ2n) is 7.85. The molecule has 1 aliphatic heterocycles. The van der Waals surface area contributed by atoms with Crippen LogP contribution < -0.4 is 20.3 Å². The summed E-state index contributed by atoms with van der Waals surface area (Å²) in [5.41, 5.74) is 3.54. The Morgan fingerprint density at radius 2 is 1.87 bits per heavy atom. The van der Waals surface area contributed by atoms with E-state index in [-0.39, 0.29) is 36.7 Å². The molecule has 1 saturated heterocycles. The molecule has 2 aromatic rings. The van der Waals surface area contributed by atoms with Crippen molar-refractivity contribution >= 4 is 29.1 Å². The highest BCUT2D eigenvalue weighted by molar-refractivity contribution is 6.00. The number of rotatable bonds is 8. The van der Waals surface area contributed by atoms with Gasteiger partial charge in [-0.2, -0.15) is 0 Å². The molecule has 31 heavy (non-hydrogen) atoms. The molecule has 3 rings (SSSR count). The molecule has 0 radical (unpaired) electrons. The number of carbonyl (C=O) groups excluding carboxylic acids is 3. The largest absolute Gasteiger partial charge is 0.484 e. The van der Waals surface area contributed by atoms with Crippen molar-refractivity contribution in [3.05, 3.63) is 53.6 Å². The third kappa shape index (κ3) is 5.84. The molecular formula is C24H29N3O4. The second kappa shape index (κ2) is 10.1. The van der Waals surface area contributed by atoms with Gasteiger partial charge in [0, 0.05) is 30.9 Å². The third-order valence-electron chi connectivity index (χ3n) is 5.23. The summed E-state index contributed by atoms with van der Waals surface area (Å²) in [4.78, 5) is 38.3. The Balaban J connectivity index is 1.53. The number of benzene rings is 2. The highest BCUT2D eigenvalue weighted by Crippen LogP contribution is 2.27. The number of ether oxygens (including phenoxy) is 1. The standard InChI is InChI=1S/C24H29N3O4/c1-4-11-25-24(30)18-13-23(29)27(14-18)19-7-9-20(10-8-19)31-15-22(28)26-21-12-16(2)5-6-17(21)3/h5-10,12,18H,4,11,13-15H2,1-3H3,(H,25,30)(H,26,28)/t18-/m1/s1. The SMILES string of the molecule is CCCNC(=O)[C@@H]1CC(=O)N(c2ccc(OCC(=O)Nc3cc(C)ccc3C)cc2)C1. The quantitative estimate of drug-likeness (QED) is 0.683. The van der Waals surface area contributed by atoms with Crippen molar-refractivity contribution in [2.75, 3.05) is 29.9 Å². The Hall–Kier alpha value is -3.35. The monoisotopic (exact) mass is 423 g/mol. The number of hydrogen-bond donors (Lipinski definition) is 2. The Kier molecular flexibility index (Phi) is 7.28. The predicted molar refractivity (Wildman–Crippen MR) is 120 cm³/mol. The number of amides is 3. The maximum Gasteiger partial charge on any atom is 0.262 e. The van der Waals surface area contributed by atoms with E-state index < -0.39 is 0 Å². The van der Waals surface area contributed by atoms with Gasteiger partial charge in [0.25, 0.3) is 5.91 Å². The Morgan fingerprint density at radius 3 is 2.58 bits per heavy atom. The van der Waals surface area contributed by atoms with Crippen LogP contribution in [0.3, 0.4) is 0 Å². The molecule has 3 amide bonds. The van der Waals surface area contributed by atoms with E-state index in [9.17, 15) is 14.4 Å². The highest BCUT2D eigenvalue weighted by atomic mass is 16.5. The van der Waals surface area contributed by atoms with Gasteiger partial charge in [-0.1, -0.05) is 19.1 Å². The smallest absolute Gasteiger partial charge is 0.262 e. The van der Waals surface area contributed by atoms with Crippen molar-refractivity contribution in [2.24, 2.45) is 5.92 Å². The zero-order chi connectivity index (χ0) is 22.4. The van der Waals surface area contributed by atoms with E-state index in [1.54, 1.807) is 29.2 Å². The lowest BCUT2D eigenvalue weighted by atomic mass is 10.1. The second-order valence-corrected chi connectivity index (χ2v) is 7.85. The molecule has 0 unspecified atom stereocenters. The first kappa shape index (κ1) is 22.3. The van der Waals surface area contributed by atoms with Crippen molar-refractivity contribution in [1.29, 1.82) is 0 Å². The first-order valence-corrected chi connectivity index (χ1v) is 10.6. The number of aryl methyl sites for hydroxylation is 2. The number of nitrogens with zero attached hydrogens (tertiary/aromatic N) is 1. The number of hydrogen-bond acceptors (Lipinski definition) is 4. The lowest BCUT2D eigenvalue weighted by molar-refractivity contribution is -0.126. The third-order valence-corrected chi connectivity index (χ3v) is 5.23. The van der Waals surface area contributed by atoms with E-state index in [0.717, 1.165) is 23.2 Å². The molecule has 0 saturated carbocycles. The van der Waals surface area contributed by atoms with Crippen LogP contribution in [0.4, 0.5) is 11.4 Å². The summed E-state index contributed by atoms with van der Waals surface area (Å²) in [6, 6.07) is 12.8. The number of anilines is 2. The van der Waals surface area contributed by atoms with Crippen LogP contribution in [0, 0.1) is 19.8 Å². The fourth-order valence-electron chi connectivity index (χ4n) is 3.45. The average Bonchev–Trinajstić information content (AvgIpc) is 3.15. The van der Waals surface area contributed by atoms with Gasteiger partial charge in [0.15, 0.2) is 6.61 Å². The summed E-state index contributed by atoms with van der Waals surface area (Å²) < 4.78 is 5.58. The van der Waals surface area contributed by atoms with Gasteiger partial charge in [-0.15, -0.1) is 0 Å². The summed E-state index contributed by atoms with van der Waals surface area (Å²) in [7, 11) is 0. The van der Waals surface area contributed by atoms with Gasteiger partial charge in [0.2, 0.25) is 11.8 Å². The normalized spacial score (nSPS) is 15.6. The van der Waals surface area contributed by atoms with Crippen LogP contribution in [-0.2, 0) is 14.4 Å². The molecule has 1 aliphatic rings. The predicted octanol–water partition coefficient (Wildman–Crippen LogP) is 3.20. The van der Waals surface area contributed by atoms with Gasteiger partial charge in [-0.05, 0) is 61.7 Å². The fraction of sp³-hybridized carbons (Fsp3) is 0.375. The van der Waals surface area contributed by atoms with Crippen LogP contribution in [0.2, 0.25) is 0 Å². The minimum absolute atomic E-state index is 0.0711. The van der Waals surface area contributed by atoms with Crippen LogP contribution in [0.15, 0.2) is 42.5 Å². The van der Waals surface area contributed by atoms with Crippen molar-refractivity contribution in [3.63, 3.8) is 0 Å². The maximum absolute atomic E-state index is 12.4. The fourth-order valence-corrected chi connectivity index (χ4v) is 3.45. The van der Waals surface area contributed by atoms with Crippen LogP contribution >= 0.6 is 0 Å². The van der Waals surface area contributed by atoms with Crippen LogP contribution in [0.1, 0.15) is 30.9 Å². The van der Waals surface area contributed by atoms with Gasteiger partial charge in [-0.3, -0.25) is 14.4 Å². The van der Waals surface area contributed by atoms with Gasteiger partial charge >= 0.3 is 0 Å². The van der Waals surface area contributed by atoms with Gasteiger partial charge < -0.3 is 20.3 Å². The Bertz CT molecular complexity index is 956. The first-order chi connectivity index (χ1) is 14.9. The summed E-state index contributed by atoms with van der Waals surface area (Å²) in [5.74, 6) is -0.188.